The zero-order valence-corrected chi connectivity index (χ0v) is 7.75. The second-order valence-electron chi connectivity index (χ2n) is 3.55. The van der Waals surface area contributed by atoms with Gasteiger partial charge in [0.2, 0.25) is 0 Å². The third-order valence-corrected chi connectivity index (χ3v) is 2.14. The summed E-state index contributed by atoms with van der Waals surface area (Å²) >= 11 is 0. The van der Waals surface area contributed by atoms with Crippen LogP contribution in [0.25, 0.3) is 0 Å². The number of hydrogen-bond donors (Lipinski definition) is 1. The van der Waals surface area contributed by atoms with E-state index in [0.29, 0.717) is 0 Å². The molecular weight excluding hydrogens is 148 g/mol. The van der Waals surface area contributed by atoms with Crippen molar-refractivity contribution in [2.75, 3.05) is 0 Å². The van der Waals surface area contributed by atoms with Crippen LogP contribution in [-0.4, -0.2) is 10.5 Å². The molecule has 0 bridgehead atoms. The molecule has 1 atom stereocenters. The molecule has 0 aliphatic heterocycles. The number of nitrogens with zero attached hydrogens (tertiary/aromatic N) is 1. The molecule has 2 heteroatoms. The van der Waals surface area contributed by atoms with Crippen LogP contribution < -0.4 is 5.73 Å². The van der Waals surface area contributed by atoms with Gasteiger partial charge >= 0.3 is 0 Å². The fourth-order valence-corrected chi connectivity index (χ4v) is 1.09. The van der Waals surface area contributed by atoms with Gasteiger partial charge in [0, 0.05) is 17.9 Å². The van der Waals surface area contributed by atoms with E-state index in [1.807, 2.05) is 12.3 Å². The van der Waals surface area contributed by atoms with Crippen LogP contribution in [-0.2, 0) is 6.42 Å². The molecule has 0 fully saturated rings. The highest BCUT2D eigenvalue weighted by Crippen LogP contribution is 2.12. The maximum atomic E-state index is 6.02. The summed E-state index contributed by atoms with van der Waals surface area (Å²) in [5.74, 6) is 0. The molecule has 0 spiro atoms. The molecule has 0 radical (unpaired) electrons. The number of hydrogen-bond acceptors (Lipinski definition) is 2. The first-order valence-electron chi connectivity index (χ1n) is 4.32. The Labute approximate surface area is 73.8 Å². The molecule has 0 saturated carbocycles. The van der Waals surface area contributed by atoms with E-state index in [9.17, 15) is 0 Å². The van der Waals surface area contributed by atoms with Gasteiger partial charge in [-0.1, -0.05) is 13.0 Å². The number of rotatable bonds is 3. The summed E-state index contributed by atoms with van der Waals surface area (Å²) in [7, 11) is 0. The standard InChI is InChI=1S/C10H16N2/c1-3-10(2,11)7-9-5-4-6-12-8-9/h4-6,8H,3,7,11H2,1-2H3. The molecule has 2 N–H and O–H groups in total. The maximum absolute atomic E-state index is 6.02. The highest BCUT2D eigenvalue weighted by molar-refractivity contribution is 5.11. The van der Waals surface area contributed by atoms with Crippen LogP contribution in [0.15, 0.2) is 24.5 Å². The van der Waals surface area contributed by atoms with E-state index in [-0.39, 0.29) is 5.54 Å². The van der Waals surface area contributed by atoms with Gasteiger partial charge in [-0.05, 0) is 31.4 Å². The van der Waals surface area contributed by atoms with Gasteiger partial charge in [-0.15, -0.1) is 0 Å². The fourth-order valence-electron chi connectivity index (χ4n) is 1.09. The van der Waals surface area contributed by atoms with Gasteiger partial charge in [-0.25, -0.2) is 0 Å². The SMILES string of the molecule is CCC(C)(N)Cc1cccnc1. The molecular formula is C10H16N2. The lowest BCUT2D eigenvalue weighted by molar-refractivity contribution is 0.449. The Morgan fingerprint density at radius 3 is 2.83 bits per heavy atom. The van der Waals surface area contributed by atoms with Gasteiger partial charge in [0.25, 0.3) is 0 Å². The lowest BCUT2D eigenvalue weighted by Gasteiger charge is -2.22. The summed E-state index contributed by atoms with van der Waals surface area (Å²) in [4.78, 5) is 4.05. The lowest BCUT2D eigenvalue weighted by Crippen LogP contribution is -2.37. The summed E-state index contributed by atoms with van der Waals surface area (Å²) in [6.07, 6.45) is 5.54. The van der Waals surface area contributed by atoms with E-state index < -0.39 is 0 Å². The predicted octanol–water partition coefficient (Wildman–Crippen LogP) is 1.75. The number of nitrogens with two attached hydrogens (primary N) is 1. The van der Waals surface area contributed by atoms with Crippen molar-refractivity contribution < 1.29 is 0 Å². The van der Waals surface area contributed by atoms with Gasteiger partial charge in [0.1, 0.15) is 0 Å². The molecule has 12 heavy (non-hydrogen) atoms. The van der Waals surface area contributed by atoms with Crippen molar-refractivity contribution in [3.05, 3.63) is 30.1 Å². The van der Waals surface area contributed by atoms with Gasteiger partial charge < -0.3 is 5.73 Å². The van der Waals surface area contributed by atoms with Crippen molar-refractivity contribution in [2.45, 2.75) is 32.2 Å². The molecule has 0 aliphatic rings. The average molecular weight is 164 g/mol. The van der Waals surface area contributed by atoms with E-state index in [4.69, 9.17) is 5.73 Å². The smallest absolute Gasteiger partial charge is 0.0300 e. The zero-order valence-electron chi connectivity index (χ0n) is 7.75. The van der Waals surface area contributed by atoms with Crippen LogP contribution in [0.1, 0.15) is 25.8 Å². The summed E-state index contributed by atoms with van der Waals surface area (Å²) in [5.41, 5.74) is 7.14. The fraction of sp³-hybridized carbons (Fsp3) is 0.500. The predicted molar refractivity (Wildman–Crippen MR) is 50.8 cm³/mol. The van der Waals surface area contributed by atoms with Crippen molar-refractivity contribution in [3.63, 3.8) is 0 Å². The Balaban J connectivity index is 2.64. The first kappa shape index (κ1) is 9.20. The lowest BCUT2D eigenvalue weighted by atomic mass is 9.92. The Hall–Kier alpha value is -0.890. The van der Waals surface area contributed by atoms with E-state index in [1.165, 1.54) is 5.56 Å². The third-order valence-electron chi connectivity index (χ3n) is 2.14. The van der Waals surface area contributed by atoms with Crippen LogP contribution in [0.2, 0.25) is 0 Å². The second-order valence-corrected chi connectivity index (χ2v) is 3.55. The first-order valence-corrected chi connectivity index (χ1v) is 4.32. The Morgan fingerprint density at radius 1 is 1.58 bits per heavy atom. The molecule has 1 aromatic rings. The largest absolute Gasteiger partial charge is 0.325 e. The van der Waals surface area contributed by atoms with Crippen LogP contribution >= 0.6 is 0 Å². The quantitative estimate of drug-likeness (QED) is 0.739. The molecule has 0 saturated heterocycles. The minimum Gasteiger partial charge on any atom is -0.325 e. The number of aromatic nitrogens is 1. The van der Waals surface area contributed by atoms with E-state index in [2.05, 4.69) is 24.9 Å². The molecule has 66 valence electrons. The van der Waals surface area contributed by atoms with Gasteiger partial charge in [-0.2, -0.15) is 0 Å². The topological polar surface area (TPSA) is 38.9 Å². The zero-order chi connectivity index (χ0) is 9.03. The Bertz CT molecular complexity index is 229. The average Bonchev–Trinajstić information content (AvgIpc) is 2.06. The van der Waals surface area contributed by atoms with Crippen LogP contribution in [0, 0.1) is 0 Å². The van der Waals surface area contributed by atoms with Gasteiger partial charge in [-0.3, -0.25) is 4.98 Å². The van der Waals surface area contributed by atoms with Crippen molar-refractivity contribution in [3.8, 4) is 0 Å². The van der Waals surface area contributed by atoms with Gasteiger partial charge in [0.05, 0.1) is 0 Å². The van der Waals surface area contributed by atoms with Gasteiger partial charge in [0.15, 0.2) is 0 Å². The van der Waals surface area contributed by atoms with E-state index in [0.717, 1.165) is 12.8 Å². The third kappa shape index (κ3) is 2.62. The Kier molecular flexibility index (Phi) is 2.82. The van der Waals surface area contributed by atoms with E-state index >= 15 is 0 Å². The van der Waals surface area contributed by atoms with Crippen LogP contribution in [0.5, 0.6) is 0 Å². The Morgan fingerprint density at radius 2 is 2.33 bits per heavy atom. The van der Waals surface area contributed by atoms with Crippen molar-refractivity contribution in [1.82, 2.24) is 4.98 Å². The molecule has 2 nitrogen and oxygen atoms in total. The monoisotopic (exact) mass is 164 g/mol. The highest BCUT2D eigenvalue weighted by atomic mass is 14.7. The van der Waals surface area contributed by atoms with Crippen molar-refractivity contribution >= 4 is 0 Å². The molecule has 0 aromatic carbocycles. The minimum atomic E-state index is -0.0942. The van der Waals surface area contributed by atoms with Crippen molar-refractivity contribution in [1.29, 1.82) is 0 Å². The van der Waals surface area contributed by atoms with E-state index in [1.54, 1.807) is 6.20 Å². The van der Waals surface area contributed by atoms with Crippen molar-refractivity contribution in [2.24, 2.45) is 5.73 Å². The summed E-state index contributed by atoms with van der Waals surface area (Å²) in [6.45, 7) is 4.18. The maximum Gasteiger partial charge on any atom is 0.0300 e. The molecule has 0 aliphatic carbocycles. The molecule has 1 aromatic heterocycles. The normalized spacial score (nSPS) is 15.6. The first-order chi connectivity index (χ1) is 5.64. The molecule has 1 rings (SSSR count). The molecule has 0 amide bonds. The summed E-state index contributed by atoms with van der Waals surface area (Å²) < 4.78 is 0. The molecule has 1 heterocycles. The second kappa shape index (κ2) is 3.68. The highest BCUT2D eigenvalue weighted by Gasteiger charge is 2.15. The molecule has 1 unspecified atom stereocenters. The van der Waals surface area contributed by atoms with Crippen LogP contribution in [0.4, 0.5) is 0 Å². The summed E-state index contributed by atoms with van der Waals surface area (Å²) in [6, 6.07) is 4.01. The number of pyridine rings is 1. The summed E-state index contributed by atoms with van der Waals surface area (Å²) in [5, 5.41) is 0. The van der Waals surface area contributed by atoms with Crippen LogP contribution in [0.3, 0.4) is 0 Å². The minimum absolute atomic E-state index is 0.0942.